The van der Waals surface area contributed by atoms with Gasteiger partial charge in [-0.05, 0) is 50.2 Å². The van der Waals surface area contributed by atoms with Crippen LogP contribution in [0.3, 0.4) is 0 Å². The third-order valence-corrected chi connectivity index (χ3v) is 3.89. The van der Waals surface area contributed by atoms with Gasteiger partial charge in [-0.15, -0.1) is 0 Å². The Morgan fingerprint density at radius 3 is 2.48 bits per heavy atom. The first-order chi connectivity index (χ1) is 11.9. The van der Waals surface area contributed by atoms with Crippen molar-refractivity contribution in [2.24, 2.45) is 0 Å². The normalized spacial score (nSPS) is 13.0. The second-order valence-corrected chi connectivity index (χ2v) is 5.72. The molecule has 0 bridgehead atoms. The van der Waals surface area contributed by atoms with Crippen molar-refractivity contribution in [3.05, 3.63) is 53.8 Å². The number of nitrogens with one attached hydrogen (secondary N) is 2. The van der Waals surface area contributed by atoms with E-state index < -0.39 is 11.9 Å². The van der Waals surface area contributed by atoms with Gasteiger partial charge in [0.25, 0.3) is 0 Å². The first-order valence-electron chi connectivity index (χ1n) is 7.99. The Bertz CT molecular complexity index is 736. The molecular weight excluding hydrogens is 323 g/mol. The average Bonchev–Trinajstić information content (AvgIpc) is 2.60. The third-order valence-electron chi connectivity index (χ3n) is 3.89. The van der Waals surface area contributed by atoms with Crippen LogP contribution in [0.25, 0.3) is 0 Å². The molecule has 2 aromatic carbocycles. The largest absolute Gasteiger partial charge is 0.497 e. The zero-order chi connectivity index (χ0) is 18.4. The van der Waals surface area contributed by atoms with E-state index in [1.807, 2.05) is 25.1 Å². The summed E-state index contributed by atoms with van der Waals surface area (Å²) in [5.41, 5.74) is 1.30. The van der Waals surface area contributed by atoms with Crippen LogP contribution in [-0.4, -0.2) is 26.2 Å². The lowest BCUT2D eigenvalue weighted by Crippen LogP contribution is -2.39. The van der Waals surface area contributed by atoms with Gasteiger partial charge in [-0.1, -0.05) is 6.07 Å². The molecule has 0 aliphatic heterocycles. The first-order valence-corrected chi connectivity index (χ1v) is 7.99. The summed E-state index contributed by atoms with van der Waals surface area (Å²) >= 11 is 0. The molecule has 134 valence electrons. The summed E-state index contributed by atoms with van der Waals surface area (Å²) in [4.78, 5) is 12.3. The Balaban J connectivity index is 2.06. The molecule has 0 aliphatic carbocycles. The highest BCUT2D eigenvalue weighted by Crippen LogP contribution is 2.29. The molecule has 0 fully saturated rings. The number of halogens is 1. The van der Waals surface area contributed by atoms with Gasteiger partial charge < -0.3 is 14.8 Å². The minimum atomic E-state index is -0.492. The van der Waals surface area contributed by atoms with Gasteiger partial charge in [0, 0.05) is 17.3 Å². The molecule has 2 N–H and O–H groups in total. The maximum absolute atomic E-state index is 13.2. The van der Waals surface area contributed by atoms with E-state index in [9.17, 15) is 9.18 Å². The van der Waals surface area contributed by atoms with Gasteiger partial charge in [-0.25, -0.2) is 4.39 Å². The molecule has 25 heavy (non-hydrogen) atoms. The Morgan fingerprint density at radius 2 is 1.84 bits per heavy atom. The Hall–Kier alpha value is -2.60. The van der Waals surface area contributed by atoms with E-state index in [0.717, 1.165) is 5.56 Å². The maximum atomic E-state index is 13.2. The molecule has 0 aromatic heterocycles. The lowest BCUT2D eigenvalue weighted by Gasteiger charge is -2.22. The minimum Gasteiger partial charge on any atom is -0.497 e. The fourth-order valence-corrected chi connectivity index (χ4v) is 2.54. The lowest BCUT2D eigenvalue weighted by atomic mass is 10.1. The molecule has 0 heterocycles. The standard InChI is InChI=1S/C19H23FN2O3/c1-12(17-11-16(24-3)8-9-18(17)25-4)21-13(2)19(23)22-15-7-5-6-14(20)10-15/h5-13,21H,1-4H3,(H,22,23). The van der Waals surface area contributed by atoms with E-state index in [0.29, 0.717) is 17.2 Å². The van der Waals surface area contributed by atoms with Crippen molar-refractivity contribution in [1.29, 1.82) is 0 Å². The van der Waals surface area contributed by atoms with Gasteiger partial charge in [0.15, 0.2) is 0 Å². The predicted octanol–water partition coefficient (Wildman–Crippen LogP) is 3.52. The summed E-state index contributed by atoms with van der Waals surface area (Å²) in [6.07, 6.45) is 0. The number of carbonyl (C=O) groups is 1. The van der Waals surface area contributed by atoms with Gasteiger partial charge >= 0.3 is 0 Å². The average molecular weight is 346 g/mol. The third kappa shape index (κ3) is 4.93. The highest BCUT2D eigenvalue weighted by Gasteiger charge is 2.19. The summed E-state index contributed by atoms with van der Waals surface area (Å²) < 4.78 is 23.8. The van der Waals surface area contributed by atoms with Crippen LogP contribution in [-0.2, 0) is 4.79 Å². The predicted molar refractivity (Wildman–Crippen MR) is 95.6 cm³/mol. The second-order valence-electron chi connectivity index (χ2n) is 5.72. The minimum absolute atomic E-state index is 0.154. The van der Waals surface area contributed by atoms with Crippen LogP contribution in [0.15, 0.2) is 42.5 Å². The van der Waals surface area contributed by atoms with Crippen molar-refractivity contribution in [1.82, 2.24) is 5.32 Å². The van der Waals surface area contributed by atoms with Crippen molar-refractivity contribution in [3.8, 4) is 11.5 Å². The van der Waals surface area contributed by atoms with Crippen LogP contribution in [0.1, 0.15) is 25.5 Å². The van der Waals surface area contributed by atoms with Crippen molar-refractivity contribution >= 4 is 11.6 Å². The topological polar surface area (TPSA) is 59.6 Å². The SMILES string of the molecule is COc1ccc(OC)c(C(C)NC(C)C(=O)Nc2cccc(F)c2)c1. The smallest absolute Gasteiger partial charge is 0.241 e. The number of hydrogen-bond acceptors (Lipinski definition) is 4. The van der Waals surface area contributed by atoms with Gasteiger partial charge in [-0.2, -0.15) is 0 Å². The zero-order valence-corrected chi connectivity index (χ0v) is 14.8. The lowest BCUT2D eigenvalue weighted by molar-refractivity contribution is -0.117. The Morgan fingerprint density at radius 1 is 1.08 bits per heavy atom. The number of benzene rings is 2. The van der Waals surface area contributed by atoms with E-state index >= 15 is 0 Å². The monoisotopic (exact) mass is 346 g/mol. The van der Waals surface area contributed by atoms with E-state index in [4.69, 9.17) is 9.47 Å². The number of rotatable bonds is 7. The molecule has 6 heteroatoms. The zero-order valence-electron chi connectivity index (χ0n) is 14.8. The number of anilines is 1. The van der Waals surface area contributed by atoms with E-state index in [1.165, 1.54) is 12.1 Å². The van der Waals surface area contributed by atoms with E-state index in [-0.39, 0.29) is 11.9 Å². The summed E-state index contributed by atoms with van der Waals surface area (Å²) in [5.74, 6) is 0.770. The van der Waals surface area contributed by atoms with Crippen LogP contribution in [0, 0.1) is 5.82 Å². The van der Waals surface area contributed by atoms with Gasteiger partial charge in [0.1, 0.15) is 17.3 Å². The van der Waals surface area contributed by atoms with Gasteiger partial charge in [0.05, 0.1) is 20.3 Å². The number of ether oxygens (including phenoxy) is 2. The van der Waals surface area contributed by atoms with Crippen LogP contribution in [0.5, 0.6) is 11.5 Å². The number of amides is 1. The number of hydrogen-bond donors (Lipinski definition) is 2. The van der Waals surface area contributed by atoms with Crippen molar-refractivity contribution < 1.29 is 18.7 Å². The fraction of sp³-hybridized carbons (Fsp3) is 0.316. The second kappa shape index (κ2) is 8.48. The van der Waals surface area contributed by atoms with Crippen molar-refractivity contribution in [2.75, 3.05) is 19.5 Å². The molecular formula is C19H23FN2O3. The van der Waals surface area contributed by atoms with E-state index in [2.05, 4.69) is 10.6 Å². The molecule has 2 unspecified atom stereocenters. The Kier molecular flexibility index (Phi) is 6.36. The van der Waals surface area contributed by atoms with Crippen molar-refractivity contribution in [2.45, 2.75) is 25.9 Å². The summed E-state index contributed by atoms with van der Waals surface area (Å²) in [5, 5.41) is 5.91. The molecule has 1 amide bonds. The van der Waals surface area contributed by atoms with Crippen LogP contribution >= 0.6 is 0 Å². The van der Waals surface area contributed by atoms with Crippen molar-refractivity contribution in [3.63, 3.8) is 0 Å². The van der Waals surface area contributed by atoms with Gasteiger partial charge in [0.2, 0.25) is 5.91 Å². The van der Waals surface area contributed by atoms with Crippen LogP contribution < -0.4 is 20.1 Å². The fourth-order valence-electron chi connectivity index (χ4n) is 2.54. The highest BCUT2D eigenvalue weighted by atomic mass is 19.1. The Labute approximate surface area is 147 Å². The van der Waals surface area contributed by atoms with Crippen LogP contribution in [0.2, 0.25) is 0 Å². The molecule has 2 rings (SSSR count). The molecule has 0 radical (unpaired) electrons. The maximum Gasteiger partial charge on any atom is 0.241 e. The molecule has 2 aromatic rings. The van der Waals surface area contributed by atoms with E-state index in [1.54, 1.807) is 33.3 Å². The summed E-state index contributed by atoms with van der Waals surface area (Å²) in [6, 6.07) is 10.7. The molecule has 0 spiro atoms. The highest BCUT2D eigenvalue weighted by molar-refractivity contribution is 5.94. The molecule has 0 aliphatic rings. The quantitative estimate of drug-likeness (QED) is 0.805. The first kappa shape index (κ1) is 18.7. The molecule has 0 saturated heterocycles. The molecule has 0 saturated carbocycles. The van der Waals surface area contributed by atoms with Gasteiger partial charge in [-0.3, -0.25) is 10.1 Å². The molecule has 2 atom stereocenters. The summed E-state index contributed by atoms with van der Waals surface area (Å²) in [7, 11) is 3.19. The molecule has 5 nitrogen and oxygen atoms in total. The number of methoxy groups -OCH3 is 2. The summed E-state index contributed by atoms with van der Waals surface area (Å²) in [6.45, 7) is 3.68. The van der Waals surface area contributed by atoms with Crippen LogP contribution in [0.4, 0.5) is 10.1 Å². The number of carbonyl (C=O) groups excluding carboxylic acids is 1.